The maximum absolute atomic E-state index is 12.0. The lowest BCUT2D eigenvalue weighted by Crippen LogP contribution is -2.16. The number of carbonyl (C=O) groups excluding carboxylic acids is 2. The van der Waals surface area contributed by atoms with Gasteiger partial charge in [0.1, 0.15) is 0 Å². The number of aromatic nitrogens is 1. The van der Waals surface area contributed by atoms with E-state index in [2.05, 4.69) is 15.6 Å². The van der Waals surface area contributed by atoms with Crippen LogP contribution in [-0.2, 0) is 9.59 Å². The monoisotopic (exact) mass is 301 g/mol. The van der Waals surface area contributed by atoms with Crippen molar-refractivity contribution in [2.45, 2.75) is 25.7 Å². The highest BCUT2D eigenvalue weighted by atomic mass is 32.1. The molecule has 1 unspecified atom stereocenters. The van der Waals surface area contributed by atoms with Crippen LogP contribution < -0.4 is 10.6 Å². The van der Waals surface area contributed by atoms with Crippen molar-refractivity contribution in [3.63, 3.8) is 0 Å². The number of thiazole rings is 1. The van der Waals surface area contributed by atoms with Crippen molar-refractivity contribution < 1.29 is 9.59 Å². The Morgan fingerprint density at radius 3 is 3.00 bits per heavy atom. The quantitative estimate of drug-likeness (QED) is 0.912. The third kappa shape index (κ3) is 2.95. The van der Waals surface area contributed by atoms with Crippen molar-refractivity contribution in [2.75, 3.05) is 10.6 Å². The van der Waals surface area contributed by atoms with Gasteiger partial charge in [-0.15, -0.1) is 11.3 Å². The van der Waals surface area contributed by atoms with Gasteiger partial charge in [-0.1, -0.05) is 18.2 Å². The summed E-state index contributed by atoms with van der Waals surface area (Å²) in [6, 6.07) is 7.61. The lowest BCUT2D eigenvalue weighted by Gasteiger charge is -2.08. The summed E-state index contributed by atoms with van der Waals surface area (Å²) >= 11 is 1.44. The number of amides is 2. The van der Waals surface area contributed by atoms with Gasteiger partial charge in [0.2, 0.25) is 11.8 Å². The first-order valence-electron chi connectivity index (χ1n) is 6.75. The largest absolute Gasteiger partial charge is 0.325 e. The molecule has 3 rings (SSSR count). The second kappa shape index (κ2) is 5.65. The molecule has 2 heterocycles. The zero-order valence-electron chi connectivity index (χ0n) is 11.6. The Balaban J connectivity index is 1.60. The van der Waals surface area contributed by atoms with Crippen LogP contribution in [0.25, 0.3) is 0 Å². The number of carbonyl (C=O) groups is 2. The van der Waals surface area contributed by atoms with Crippen LogP contribution >= 0.6 is 11.3 Å². The molecule has 0 saturated heterocycles. The first-order valence-corrected chi connectivity index (χ1v) is 7.57. The fraction of sp³-hybridized carbons (Fsp3) is 0.267. The number of anilines is 2. The van der Waals surface area contributed by atoms with Crippen LogP contribution in [-0.4, -0.2) is 16.8 Å². The van der Waals surface area contributed by atoms with Crippen LogP contribution in [0.3, 0.4) is 0 Å². The minimum absolute atomic E-state index is 0.0332. The van der Waals surface area contributed by atoms with Gasteiger partial charge in [0.15, 0.2) is 5.13 Å². The Hall–Kier alpha value is -2.21. The fourth-order valence-electron chi connectivity index (χ4n) is 2.43. The molecule has 1 aromatic carbocycles. The number of rotatable bonds is 4. The zero-order chi connectivity index (χ0) is 14.8. The van der Waals surface area contributed by atoms with Crippen LogP contribution in [0.4, 0.5) is 10.8 Å². The highest BCUT2D eigenvalue weighted by molar-refractivity contribution is 7.15. The van der Waals surface area contributed by atoms with E-state index in [9.17, 15) is 9.59 Å². The molecule has 2 amide bonds. The Bertz CT molecular complexity index is 696. The Kier molecular flexibility index (Phi) is 3.70. The van der Waals surface area contributed by atoms with Crippen LogP contribution in [0.1, 0.15) is 29.2 Å². The van der Waals surface area contributed by atoms with E-state index in [4.69, 9.17) is 0 Å². The van der Waals surface area contributed by atoms with Gasteiger partial charge in [-0.25, -0.2) is 4.98 Å². The van der Waals surface area contributed by atoms with Crippen molar-refractivity contribution in [3.8, 4) is 0 Å². The van der Waals surface area contributed by atoms with Crippen LogP contribution in [0, 0.1) is 6.92 Å². The molecule has 108 valence electrons. The standard InChI is InChI=1S/C15H15N3O2S/c1-9-8-16-15(21-9)18-13(19)7-6-11-10-4-2-3-5-12(10)17-14(11)20/h2-5,8,11H,6-7H2,1H3,(H,17,20)(H,16,18,19). The highest BCUT2D eigenvalue weighted by Gasteiger charge is 2.30. The molecule has 21 heavy (non-hydrogen) atoms. The SMILES string of the molecule is Cc1cnc(NC(=O)CCC2C(=O)Nc3ccccc32)s1. The Morgan fingerprint density at radius 2 is 2.24 bits per heavy atom. The molecule has 5 nitrogen and oxygen atoms in total. The Morgan fingerprint density at radius 1 is 1.43 bits per heavy atom. The third-order valence-corrected chi connectivity index (χ3v) is 4.27. The number of para-hydroxylation sites is 1. The summed E-state index contributed by atoms with van der Waals surface area (Å²) in [5, 5.41) is 6.21. The summed E-state index contributed by atoms with van der Waals surface area (Å²) in [6.07, 6.45) is 2.52. The molecule has 2 N–H and O–H groups in total. The van der Waals surface area contributed by atoms with Crippen LogP contribution in [0.2, 0.25) is 0 Å². The fourth-order valence-corrected chi connectivity index (χ4v) is 3.11. The Labute approximate surface area is 126 Å². The normalized spacial score (nSPS) is 16.4. The predicted octanol–water partition coefficient (Wildman–Crippen LogP) is 2.91. The summed E-state index contributed by atoms with van der Waals surface area (Å²) in [5.41, 5.74) is 1.82. The van der Waals surface area contributed by atoms with Gasteiger partial charge in [0, 0.05) is 23.2 Å². The van der Waals surface area contributed by atoms with Gasteiger partial charge >= 0.3 is 0 Å². The first-order chi connectivity index (χ1) is 10.1. The molecule has 0 fully saturated rings. The van der Waals surface area contributed by atoms with Gasteiger partial charge in [-0.05, 0) is 25.0 Å². The second-order valence-corrected chi connectivity index (χ2v) is 6.23. The number of benzene rings is 1. The molecular formula is C15H15N3O2S. The summed E-state index contributed by atoms with van der Waals surface area (Å²) in [5.74, 6) is -0.388. The summed E-state index contributed by atoms with van der Waals surface area (Å²) in [6.45, 7) is 1.94. The van der Waals surface area contributed by atoms with Crippen molar-refractivity contribution in [3.05, 3.63) is 40.9 Å². The van der Waals surface area contributed by atoms with Crippen molar-refractivity contribution >= 4 is 34.0 Å². The minimum atomic E-state index is -0.245. The summed E-state index contributed by atoms with van der Waals surface area (Å²) in [7, 11) is 0. The minimum Gasteiger partial charge on any atom is -0.325 e. The average Bonchev–Trinajstić information content (AvgIpc) is 2.99. The lowest BCUT2D eigenvalue weighted by atomic mass is 9.95. The van der Waals surface area contributed by atoms with Crippen molar-refractivity contribution in [1.82, 2.24) is 4.98 Å². The number of hydrogen-bond donors (Lipinski definition) is 2. The molecule has 1 aliphatic heterocycles. The van der Waals surface area contributed by atoms with E-state index >= 15 is 0 Å². The molecule has 1 aromatic heterocycles. The van der Waals surface area contributed by atoms with Crippen LogP contribution in [0.5, 0.6) is 0 Å². The molecule has 2 aromatic rings. The number of nitrogens with one attached hydrogen (secondary N) is 2. The van der Waals surface area contributed by atoms with Gasteiger partial charge < -0.3 is 10.6 Å². The first kappa shape index (κ1) is 13.8. The lowest BCUT2D eigenvalue weighted by molar-refractivity contribution is -0.118. The van der Waals surface area contributed by atoms with E-state index in [1.54, 1.807) is 6.20 Å². The summed E-state index contributed by atoms with van der Waals surface area (Å²) in [4.78, 5) is 29.0. The number of aryl methyl sites for hydroxylation is 1. The average molecular weight is 301 g/mol. The molecule has 6 heteroatoms. The number of fused-ring (bicyclic) bond motifs is 1. The topological polar surface area (TPSA) is 71.1 Å². The highest BCUT2D eigenvalue weighted by Crippen LogP contribution is 2.35. The maximum Gasteiger partial charge on any atom is 0.232 e. The molecule has 0 spiro atoms. The van der Waals surface area contributed by atoms with Gasteiger partial charge in [-0.2, -0.15) is 0 Å². The molecule has 0 aliphatic carbocycles. The van der Waals surface area contributed by atoms with E-state index in [0.717, 1.165) is 16.1 Å². The predicted molar refractivity (Wildman–Crippen MR) is 82.5 cm³/mol. The molecular weight excluding hydrogens is 286 g/mol. The maximum atomic E-state index is 12.0. The third-order valence-electron chi connectivity index (χ3n) is 3.44. The number of nitrogens with zero attached hydrogens (tertiary/aromatic N) is 1. The van der Waals surface area contributed by atoms with Crippen LogP contribution in [0.15, 0.2) is 30.5 Å². The smallest absolute Gasteiger partial charge is 0.232 e. The molecule has 0 bridgehead atoms. The summed E-state index contributed by atoms with van der Waals surface area (Å²) < 4.78 is 0. The number of hydrogen-bond acceptors (Lipinski definition) is 4. The van der Waals surface area contributed by atoms with E-state index in [1.165, 1.54) is 11.3 Å². The van der Waals surface area contributed by atoms with E-state index in [-0.39, 0.29) is 17.7 Å². The van der Waals surface area contributed by atoms with Crippen molar-refractivity contribution in [2.24, 2.45) is 0 Å². The zero-order valence-corrected chi connectivity index (χ0v) is 12.4. The molecule has 1 aliphatic rings. The van der Waals surface area contributed by atoms with Crippen molar-refractivity contribution in [1.29, 1.82) is 0 Å². The van der Waals surface area contributed by atoms with Gasteiger partial charge in [0.25, 0.3) is 0 Å². The van der Waals surface area contributed by atoms with E-state index < -0.39 is 0 Å². The van der Waals surface area contributed by atoms with Gasteiger partial charge in [-0.3, -0.25) is 9.59 Å². The van der Waals surface area contributed by atoms with E-state index in [0.29, 0.717) is 18.0 Å². The molecule has 1 atom stereocenters. The second-order valence-electron chi connectivity index (χ2n) is 4.99. The molecule has 0 radical (unpaired) electrons. The van der Waals surface area contributed by atoms with E-state index in [1.807, 2.05) is 31.2 Å². The van der Waals surface area contributed by atoms with Gasteiger partial charge in [0.05, 0.1) is 5.92 Å². The molecule has 0 saturated carbocycles.